The maximum atomic E-state index is 5.54. The van der Waals surface area contributed by atoms with Crippen LogP contribution in [-0.2, 0) is 0 Å². The van der Waals surface area contributed by atoms with E-state index in [2.05, 4.69) is 23.8 Å². The van der Waals surface area contributed by atoms with E-state index in [-0.39, 0.29) is 0 Å². The average molecular weight is 229 g/mol. The predicted molar refractivity (Wildman–Crippen MR) is 69.2 cm³/mol. The minimum Gasteiger partial charge on any atom is -0.393 e. The fourth-order valence-corrected chi connectivity index (χ4v) is 2.21. The Morgan fingerprint density at radius 1 is 1.47 bits per heavy atom. The van der Waals surface area contributed by atoms with Gasteiger partial charge < -0.3 is 15.5 Å². The highest BCUT2D eigenvalue weighted by atomic mass is 32.1. The Balaban J connectivity index is 2.16. The molecule has 0 aromatic rings. The molecule has 0 radical (unpaired) electrons. The molecule has 0 bridgehead atoms. The molecule has 0 saturated carbocycles. The van der Waals surface area contributed by atoms with Gasteiger partial charge in [0.25, 0.3) is 0 Å². The minimum atomic E-state index is 0.463. The number of nitrogens with two attached hydrogens (primary N) is 1. The summed E-state index contributed by atoms with van der Waals surface area (Å²) in [5, 5.41) is 0. The zero-order valence-corrected chi connectivity index (χ0v) is 10.7. The highest BCUT2D eigenvalue weighted by Crippen LogP contribution is 2.07. The highest BCUT2D eigenvalue weighted by molar-refractivity contribution is 7.80. The third-order valence-corrected chi connectivity index (χ3v) is 3.38. The number of likely N-dealkylation sites (N-methyl/N-ethyl adjacent to an activating group) is 1. The maximum absolute atomic E-state index is 5.54. The van der Waals surface area contributed by atoms with Gasteiger partial charge in [0.1, 0.15) is 0 Å². The van der Waals surface area contributed by atoms with Crippen LogP contribution in [0.3, 0.4) is 0 Å². The number of rotatable bonds is 6. The molecule has 0 aromatic carbocycles. The molecule has 4 heteroatoms. The lowest BCUT2D eigenvalue weighted by Crippen LogP contribution is -2.38. The molecule has 1 fully saturated rings. The number of thiocarbonyl (C=S) groups is 1. The van der Waals surface area contributed by atoms with Crippen LogP contribution in [0, 0.1) is 0 Å². The molecule has 1 aliphatic rings. The lowest BCUT2D eigenvalue weighted by Gasteiger charge is -2.26. The van der Waals surface area contributed by atoms with Gasteiger partial charge >= 0.3 is 0 Å². The Kier molecular flexibility index (Phi) is 5.50. The van der Waals surface area contributed by atoms with Gasteiger partial charge in [0.15, 0.2) is 0 Å². The molecule has 0 aromatic heterocycles. The molecular weight excluding hydrogens is 206 g/mol. The van der Waals surface area contributed by atoms with Crippen LogP contribution in [0.5, 0.6) is 0 Å². The molecule has 1 aliphatic heterocycles. The van der Waals surface area contributed by atoms with Gasteiger partial charge in [0.05, 0.1) is 4.99 Å². The second-order valence-electron chi connectivity index (χ2n) is 4.55. The molecule has 0 amide bonds. The van der Waals surface area contributed by atoms with Crippen molar-refractivity contribution >= 4 is 17.2 Å². The van der Waals surface area contributed by atoms with Gasteiger partial charge in [-0.3, -0.25) is 0 Å². The molecular formula is C11H23N3S. The molecule has 1 atom stereocenters. The zero-order chi connectivity index (χ0) is 11.3. The van der Waals surface area contributed by atoms with E-state index < -0.39 is 0 Å². The Hall–Kier alpha value is -0.190. The molecule has 1 heterocycles. The van der Waals surface area contributed by atoms with Gasteiger partial charge in [-0.05, 0) is 39.9 Å². The van der Waals surface area contributed by atoms with E-state index in [1.165, 1.54) is 32.5 Å². The summed E-state index contributed by atoms with van der Waals surface area (Å²) in [4.78, 5) is 5.50. The van der Waals surface area contributed by atoms with E-state index in [0.717, 1.165) is 13.0 Å². The first-order chi connectivity index (χ1) is 7.09. The third kappa shape index (κ3) is 4.91. The van der Waals surface area contributed by atoms with Gasteiger partial charge in [-0.15, -0.1) is 0 Å². The first-order valence-electron chi connectivity index (χ1n) is 5.80. The van der Waals surface area contributed by atoms with E-state index in [1.54, 1.807) is 0 Å². The van der Waals surface area contributed by atoms with Crippen LogP contribution in [0.2, 0.25) is 0 Å². The lowest BCUT2D eigenvalue weighted by molar-refractivity contribution is 0.218. The predicted octanol–water partition coefficient (Wildman–Crippen LogP) is 1.08. The number of nitrogens with zero attached hydrogens (tertiary/aromatic N) is 2. The van der Waals surface area contributed by atoms with Crippen molar-refractivity contribution in [2.75, 3.05) is 33.2 Å². The summed E-state index contributed by atoms with van der Waals surface area (Å²) in [6, 6.07) is 0.463. The van der Waals surface area contributed by atoms with E-state index in [0.29, 0.717) is 11.0 Å². The van der Waals surface area contributed by atoms with Crippen LogP contribution in [-0.4, -0.2) is 54.1 Å². The quantitative estimate of drug-likeness (QED) is 0.691. The van der Waals surface area contributed by atoms with Gasteiger partial charge in [0.2, 0.25) is 0 Å². The normalized spacial score (nSPS) is 19.7. The summed E-state index contributed by atoms with van der Waals surface area (Å²) in [7, 11) is 2.15. The van der Waals surface area contributed by atoms with Crippen LogP contribution in [0.4, 0.5) is 0 Å². The summed E-state index contributed by atoms with van der Waals surface area (Å²) >= 11 is 4.92. The summed E-state index contributed by atoms with van der Waals surface area (Å²) in [5.74, 6) is 0. The fraction of sp³-hybridized carbons (Fsp3) is 0.909. The first-order valence-corrected chi connectivity index (χ1v) is 6.21. The van der Waals surface area contributed by atoms with Crippen LogP contribution >= 0.6 is 12.2 Å². The Bertz CT molecular complexity index is 202. The van der Waals surface area contributed by atoms with Crippen molar-refractivity contribution in [3.8, 4) is 0 Å². The van der Waals surface area contributed by atoms with E-state index in [1.807, 2.05) is 0 Å². The van der Waals surface area contributed by atoms with Crippen molar-refractivity contribution in [3.63, 3.8) is 0 Å². The van der Waals surface area contributed by atoms with Gasteiger partial charge in [-0.25, -0.2) is 0 Å². The van der Waals surface area contributed by atoms with Crippen LogP contribution in [0.15, 0.2) is 0 Å². The molecule has 1 rings (SSSR count). The summed E-state index contributed by atoms with van der Waals surface area (Å²) in [6.07, 6.45) is 3.56. The van der Waals surface area contributed by atoms with Crippen molar-refractivity contribution < 1.29 is 0 Å². The van der Waals surface area contributed by atoms with Crippen molar-refractivity contribution in [3.05, 3.63) is 0 Å². The van der Waals surface area contributed by atoms with E-state index in [4.69, 9.17) is 18.0 Å². The Morgan fingerprint density at radius 2 is 2.07 bits per heavy atom. The van der Waals surface area contributed by atoms with Crippen molar-refractivity contribution in [1.29, 1.82) is 0 Å². The SMILES string of the molecule is CC(CC(N)=S)N(C)CCN1CCCC1. The highest BCUT2D eigenvalue weighted by Gasteiger charge is 2.14. The smallest absolute Gasteiger partial charge is 0.0742 e. The third-order valence-electron chi connectivity index (χ3n) is 3.22. The largest absolute Gasteiger partial charge is 0.393 e. The van der Waals surface area contributed by atoms with Crippen LogP contribution in [0.1, 0.15) is 26.2 Å². The van der Waals surface area contributed by atoms with Gasteiger partial charge in [-0.1, -0.05) is 12.2 Å². The molecule has 15 heavy (non-hydrogen) atoms. The Labute approximate surface area is 98.6 Å². The van der Waals surface area contributed by atoms with E-state index in [9.17, 15) is 0 Å². The number of likely N-dealkylation sites (tertiary alicyclic amines) is 1. The topological polar surface area (TPSA) is 32.5 Å². The van der Waals surface area contributed by atoms with Crippen LogP contribution < -0.4 is 5.73 Å². The minimum absolute atomic E-state index is 0.463. The van der Waals surface area contributed by atoms with Crippen molar-refractivity contribution in [2.24, 2.45) is 5.73 Å². The molecule has 0 spiro atoms. The molecule has 0 aliphatic carbocycles. The van der Waals surface area contributed by atoms with Gasteiger partial charge in [-0.2, -0.15) is 0 Å². The second-order valence-corrected chi connectivity index (χ2v) is 5.07. The summed E-state index contributed by atoms with van der Waals surface area (Å²) < 4.78 is 0. The molecule has 88 valence electrons. The number of hydrogen-bond acceptors (Lipinski definition) is 3. The van der Waals surface area contributed by atoms with Gasteiger partial charge in [0, 0.05) is 25.6 Å². The summed E-state index contributed by atoms with van der Waals surface area (Å²) in [5.41, 5.74) is 5.54. The maximum Gasteiger partial charge on any atom is 0.0742 e. The fourth-order valence-electron chi connectivity index (χ4n) is 1.97. The van der Waals surface area contributed by atoms with Crippen LogP contribution in [0.25, 0.3) is 0 Å². The van der Waals surface area contributed by atoms with Crippen molar-refractivity contribution in [2.45, 2.75) is 32.2 Å². The first kappa shape index (κ1) is 12.9. The summed E-state index contributed by atoms with van der Waals surface area (Å²) in [6.45, 7) is 7.03. The molecule has 2 N–H and O–H groups in total. The lowest BCUT2D eigenvalue weighted by atomic mass is 10.2. The second kappa shape index (κ2) is 6.40. The molecule has 1 saturated heterocycles. The Morgan fingerprint density at radius 3 is 2.60 bits per heavy atom. The zero-order valence-electron chi connectivity index (χ0n) is 9.91. The molecule has 1 unspecified atom stereocenters. The van der Waals surface area contributed by atoms with Crippen molar-refractivity contribution in [1.82, 2.24) is 9.80 Å². The number of hydrogen-bond donors (Lipinski definition) is 1. The average Bonchev–Trinajstić information content (AvgIpc) is 2.65. The monoisotopic (exact) mass is 229 g/mol. The van der Waals surface area contributed by atoms with E-state index >= 15 is 0 Å². The standard InChI is InChI=1S/C11H23N3S/c1-10(9-11(12)15)13(2)7-8-14-5-3-4-6-14/h10H,3-9H2,1-2H3,(H2,12,15). The molecule has 3 nitrogen and oxygen atoms in total.